The number of imidazole rings is 1. The van der Waals surface area contributed by atoms with Gasteiger partial charge < -0.3 is 30.4 Å². The van der Waals surface area contributed by atoms with Crippen LogP contribution < -0.4 is 11.6 Å². The Morgan fingerprint density at radius 1 is 1.30 bits per heavy atom. The molecule has 0 amide bonds. The van der Waals surface area contributed by atoms with Crippen LogP contribution in [0.4, 0.5) is 5.82 Å². The Balaban J connectivity index is 1.72. The summed E-state index contributed by atoms with van der Waals surface area (Å²) in [4.78, 5) is 19.1. The smallest absolute Gasteiger partial charge is 0.167 e. The van der Waals surface area contributed by atoms with Crippen LogP contribution >= 0.6 is 0 Å². The molecule has 3 heterocycles. The number of ether oxygens (including phenoxy) is 1. The number of fused-ring (bicyclic) bond motifs is 1. The van der Waals surface area contributed by atoms with Crippen LogP contribution in [0.1, 0.15) is 24.9 Å². The number of anilines is 1. The number of aryl methyl sites for hydroxylation is 1. The summed E-state index contributed by atoms with van der Waals surface area (Å²) in [6.07, 6.45) is -0.392. The first kappa shape index (κ1) is 19.9. The molecule has 0 aliphatic carbocycles. The number of nitrogens with zero attached hydrogens (tertiary/aromatic N) is 5. The topological polar surface area (TPSA) is 158 Å². The summed E-state index contributed by atoms with van der Waals surface area (Å²) < 4.78 is 7.65. The van der Waals surface area contributed by atoms with Gasteiger partial charge in [-0.05, 0) is 33.4 Å². The number of rotatable bonds is 8. The van der Waals surface area contributed by atoms with Gasteiger partial charge >= 0.3 is 0 Å². The van der Waals surface area contributed by atoms with Crippen molar-refractivity contribution < 1.29 is 19.8 Å². The Bertz CT molecular complexity index is 771. The summed E-state index contributed by atoms with van der Waals surface area (Å²) in [5.41, 5.74) is 6.77. The van der Waals surface area contributed by atoms with E-state index in [2.05, 4.69) is 19.8 Å². The van der Waals surface area contributed by atoms with E-state index < -0.39 is 24.5 Å². The molecule has 2 aromatic rings. The number of aliphatic hydroxyl groups is 2. The van der Waals surface area contributed by atoms with Crippen LogP contribution in [0, 0.1) is 6.92 Å². The number of hydrogen-bond donors (Lipinski definition) is 4. The summed E-state index contributed by atoms with van der Waals surface area (Å²) in [5.74, 6) is 5.85. The molecule has 0 radical (unpaired) electrons. The molecule has 1 aliphatic rings. The fourth-order valence-electron chi connectivity index (χ4n) is 3.40. The summed E-state index contributed by atoms with van der Waals surface area (Å²) in [6.45, 7) is 3.55. The molecule has 11 nitrogen and oxygen atoms in total. The summed E-state index contributed by atoms with van der Waals surface area (Å²) in [5, 5.41) is 21.0. The standard InChI is InChI=1S/C16H27N7O4/c1-9-21-11-14(17)19-8-20-15(11)23(9)16-13(25)12(24)10(27-16)7-22(2)5-3-4-6-26-18/h8,10,12-13,16,24-25H,3-7,18H2,1-2H3,(H2,17,19,20)/t10-,12?,13?,16-/m1/s1. The van der Waals surface area contributed by atoms with Gasteiger partial charge in [0.15, 0.2) is 23.2 Å². The maximum Gasteiger partial charge on any atom is 0.167 e. The van der Waals surface area contributed by atoms with Crippen LogP contribution in [-0.2, 0) is 9.57 Å². The van der Waals surface area contributed by atoms with Gasteiger partial charge in [-0.3, -0.25) is 4.57 Å². The highest BCUT2D eigenvalue weighted by molar-refractivity contribution is 5.81. The van der Waals surface area contributed by atoms with E-state index in [9.17, 15) is 10.2 Å². The predicted molar refractivity (Wildman–Crippen MR) is 97.3 cm³/mol. The monoisotopic (exact) mass is 381 g/mol. The van der Waals surface area contributed by atoms with Crippen LogP contribution in [0.15, 0.2) is 6.33 Å². The second kappa shape index (κ2) is 8.42. The van der Waals surface area contributed by atoms with Crippen molar-refractivity contribution in [1.82, 2.24) is 24.4 Å². The second-order valence-electron chi connectivity index (χ2n) is 6.85. The molecule has 0 spiro atoms. The summed E-state index contributed by atoms with van der Waals surface area (Å²) >= 11 is 0. The average Bonchev–Trinajstić information content (AvgIpc) is 3.11. The Hall–Kier alpha value is -1.89. The molecule has 27 heavy (non-hydrogen) atoms. The first-order valence-electron chi connectivity index (χ1n) is 8.91. The molecular weight excluding hydrogens is 354 g/mol. The van der Waals surface area contributed by atoms with Gasteiger partial charge in [0.25, 0.3) is 0 Å². The fourth-order valence-corrected chi connectivity index (χ4v) is 3.40. The lowest BCUT2D eigenvalue weighted by atomic mass is 10.1. The highest BCUT2D eigenvalue weighted by Crippen LogP contribution is 2.33. The van der Waals surface area contributed by atoms with Crippen molar-refractivity contribution in [3.63, 3.8) is 0 Å². The molecule has 0 bridgehead atoms. The predicted octanol–water partition coefficient (Wildman–Crippen LogP) is -1.06. The molecule has 4 atom stereocenters. The number of unbranched alkanes of at least 4 members (excludes halogenated alkanes) is 1. The normalized spacial score (nSPS) is 25.7. The van der Waals surface area contributed by atoms with Gasteiger partial charge in [-0.25, -0.2) is 20.8 Å². The van der Waals surface area contributed by atoms with E-state index in [-0.39, 0.29) is 5.82 Å². The van der Waals surface area contributed by atoms with Gasteiger partial charge in [0.2, 0.25) is 0 Å². The highest BCUT2D eigenvalue weighted by atomic mass is 16.6. The average molecular weight is 381 g/mol. The summed E-state index contributed by atoms with van der Waals surface area (Å²) in [7, 11) is 1.94. The SMILES string of the molecule is Cc1nc2c(N)ncnc2n1[C@@H]1O[C@H](CN(C)CCCCON)C(O)C1O. The molecule has 2 aromatic heterocycles. The van der Waals surface area contributed by atoms with E-state index in [1.54, 1.807) is 11.5 Å². The minimum absolute atomic E-state index is 0.257. The van der Waals surface area contributed by atoms with Gasteiger partial charge in [0.05, 0.1) is 6.61 Å². The largest absolute Gasteiger partial charge is 0.387 e. The molecule has 0 saturated carbocycles. The molecule has 11 heteroatoms. The van der Waals surface area contributed by atoms with E-state index in [1.165, 1.54) is 6.33 Å². The molecule has 6 N–H and O–H groups in total. The third kappa shape index (κ3) is 4.03. The number of nitrogens with two attached hydrogens (primary N) is 2. The van der Waals surface area contributed by atoms with Gasteiger partial charge in [-0.15, -0.1) is 0 Å². The van der Waals surface area contributed by atoms with E-state index in [4.69, 9.17) is 16.4 Å². The number of likely N-dealkylation sites (N-methyl/N-ethyl adjacent to an activating group) is 1. The highest BCUT2D eigenvalue weighted by Gasteiger charge is 2.45. The van der Waals surface area contributed by atoms with Crippen LogP contribution in [0.2, 0.25) is 0 Å². The molecule has 1 saturated heterocycles. The Kier molecular flexibility index (Phi) is 6.19. The molecule has 150 valence electrons. The van der Waals surface area contributed by atoms with Gasteiger partial charge in [0.1, 0.15) is 30.5 Å². The minimum Gasteiger partial charge on any atom is -0.387 e. The van der Waals surface area contributed by atoms with Gasteiger partial charge in [-0.1, -0.05) is 0 Å². The zero-order valence-electron chi connectivity index (χ0n) is 15.5. The Morgan fingerprint density at radius 2 is 2.07 bits per heavy atom. The zero-order chi connectivity index (χ0) is 19.6. The maximum atomic E-state index is 10.6. The van der Waals surface area contributed by atoms with Crippen molar-refractivity contribution in [1.29, 1.82) is 0 Å². The van der Waals surface area contributed by atoms with Crippen molar-refractivity contribution in [3.8, 4) is 0 Å². The Labute approximate surface area is 156 Å². The molecule has 3 rings (SSSR count). The number of aliphatic hydroxyl groups excluding tert-OH is 2. The number of hydrogen-bond acceptors (Lipinski definition) is 10. The minimum atomic E-state index is -1.11. The van der Waals surface area contributed by atoms with E-state index in [0.717, 1.165) is 19.4 Å². The lowest BCUT2D eigenvalue weighted by molar-refractivity contribution is -0.0432. The van der Waals surface area contributed by atoms with Crippen molar-refractivity contribution in [3.05, 3.63) is 12.2 Å². The van der Waals surface area contributed by atoms with E-state index >= 15 is 0 Å². The van der Waals surface area contributed by atoms with Crippen LogP contribution in [-0.4, -0.2) is 79.7 Å². The second-order valence-corrected chi connectivity index (χ2v) is 6.85. The molecule has 2 unspecified atom stereocenters. The number of nitrogen functional groups attached to an aromatic ring is 1. The first-order chi connectivity index (χ1) is 12.9. The van der Waals surface area contributed by atoms with Crippen molar-refractivity contribution in [2.45, 2.75) is 44.3 Å². The van der Waals surface area contributed by atoms with Gasteiger partial charge in [-0.2, -0.15) is 0 Å². The van der Waals surface area contributed by atoms with Crippen molar-refractivity contribution in [2.24, 2.45) is 5.90 Å². The van der Waals surface area contributed by atoms with Crippen LogP contribution in [0.5, 0.6) is 0 Å². The zero-order valence-corrected chi connectivity index (χ0v) is 15.5. The van der Waals surface area contributed by atoms with Crippen LogP contribution in [0.3, 0.4) is 0 Å². The van der Waals surface area contributed by atoms with E-state index in [1.807, 2.05) is 11.9 Å². The van der Waals surface area contributed by atoms with Crippen LogP contribution in [0.25, 0.3) is 11.2 Å². The Morgan fingerprint density at radius 3 is 2.81 bits per heavy atom. The van der Waals surface area contributed by atoms with Gasteiger partial charge in [0, 0.05) is 6.54 Å². The van der Waals surface area contributed by atoms with E-state index in [0.29, 0.717) is 30.1 Å². The fraction of sp³-hybridized carbons (Fsp3) is 0.688. The molecule has 0 aromatic carbocycles. The third-order valence-corrected chi connectivity index (χ3v) is 4.82. The van der Waals surface area contributed by atoms with Crippen molar-refractivity contribution >= 4 is 17.0 Å². The lowest BCUT2D eigenvalue weighted by Crippen LogP contribution is -2.38. The quantitative estimate of drug-likeness (QED) is 0.328. The number of aromatic nitrogens is 4. The molecule has 1 fully saturated rings. The lowest BCUT2D eigenvalue weighted by Gasteiger charge is -2.22. The first-order valence-corrected chi connectivity index (χ1v) is 8.91. The maximum absolute atomic E-state index is 10.6. The third-order valence-electron chi connectivity index (χ3n) is 4.82. The molecule has 1 aliphatic heterocycles. The summed E-state index contributed by atoms with van der Waals surface area (Å²) in [6, 6.07) is 0. The van der Waals surface area contributed by atoms with Crippen molar-refractivity contribution in [2.75, 3.05) is 32.5 Å². The molecular formula is C16H27N7O4.